The van der Waals surface area contributed by atoms with E-state index < -0.39 is 0 Å². The topological polar surface area (TPSA) is 37.2 Å². The smallest absolute Gasteiger partial charge is 0.158 e. The first kappa shape index (κ1) is 13.0. The van der Waals surface area contributed by atoms with Crippen molar-refractivity contribution in [2.45, 2.75) is 6.54 Å². The summed E-state index contributed by atoms with van der Waals surface area (Å²) in [4.78, 5) is 9.28. The number of hydrogen-bond donors (Lipinski definition) is 0. The summed E-state index contributed by atoms with van der Waals surface area (Å²) in [5.74, 6) is 0. The third kappa shape index (κ3) is 2.80. The Kier molecular flexibility index (Phi) is 3.81. The SMILES string of the molecule is CN1CCN(CCn2nc(Br)c3cccnc32)CC1. The molecule has 3 heterocycles. The molecule has 19 heavy (non-hydrogen) atoms. The first-order valence-corrected chi connectivity index (χ1v) is 7.41. The van der Waals surface area contributed by atoms with Gasteiger partial charge in [0, 0.05) is 38.9 Å². The van der Waals surface area contributed by atoms with Crippen molar-refractivity contribution in [1.29, 1.82) is 0 Å². The van der Waals surface area contributed by atoms with Crippen LogP contribution >= 0.6 is 15.9 Å². The minimum atomic E-state index is 0.883. The van der Waals surface area contributed by atoms with E-state index in [1.165, 1.54) is 0 Å². The van der Waals surface area contributed by atoms with Crippen LogP contribution < -0.4 is 0 Å². The summed E-state index contributed by atoms with van der Waals surface area (Å²) >= 11 is 3.50. The Morgan fingerprint density at radius 3 is 2.79 bits per heavy atom. The highest BCUT2D eigenvalue weighted by atomic mass is 79.9. The number of nitrogens with zero attached hydrogens (tertiary/aromatic N) is 5. The van der Waals surface area contributed by atoms with Crippen LogP contribution in [-0.2, 0) is 6.54 Å². The van der Waals surface area contributed by atoms with Crippen molar-refractivity contribution in [2.75, 3.05) is 39.8 Å². The van der Waals surface area contributed by atoms with Crippen LogP contribution in [0.25, 0.3) is 11.0 Å². The van der Waals surface area contributed by atoms with E-state index >= 15 is 0 Å². The maximum atomic E-state index is 4.52. The van der Waals surface area contributed by atoms with Crippen LogP contribution in [0.3, 0.4) is 0 Å². The van der Waals surface area contributed by atoms with E-state index in [4.69, 9.17) is 0 Å². The highest BCUT2D eigenvalue weighted by Crippen LogP contribution is 2.20. The maximum Gasteiger partial charge on any atom is 0.158 e. The van der Waals surface area contributed by atoms with Crippen molar-refractivity contribution in [3.8, 4) is 0 Å². The molecule has 5 nitrogen and oxygen atoms in total. The Morgan fingerprint density at radius 1 is 1.21 bits per heavy atom. The van der Waals surface area contributed by atoms with Crippen molar-refractivity contribution >= 4 is 27.0 Å². The van der Waals surface area contributed by atoms with E-state index in [2.05, 4.69) is 42.9 Å². The molecule has 0 aliphatic carbocycles. The lowest BCUT2D eigenvalue weighted by Crippen LogP contribution is -2.45. The van der Waals surface area contributed by atoms with E-state index in [1.807, 2.05) is 23.0 Å². The monoisotopic (exact) mass is 323 g/mol. The van der Waals surface area contributed by atoms with E-state index in [9.17, 15) is 0 Å². The highest BCUT2D eigenvalue weighted by Gasteiger charge is 2.15. The van der Waals surface area contributed by atoms with Gasteiger partial charge in [-0.1, -0.05) is 0 Å². The van der Waals surface area contributed by atoms with Crippen molar-refractivity contribution in [3.63, 3.8) is 0 Å². The zero-order chi connectivity index (χ0) is 13.2. The third-order valence-corrected chi connectivity index (χ3v) is 4.27. The van der Waals surface area contributed by atoms with E-state index in [0.29, 0.717) is 0 Å². The third-order valence-electron chi connectivity index (χ3n) is 3.69. The van der Waals surface area contributed by atoms with Crippen LogP contribution in [0, 0.1) is 0 Å². The van der Waals surface area contributed by atoms with Crippen LogP contribution in [0.1, 0.15) is 0 Å². The van der Waals surface area contributed by atoms with Crippen LogP contribution in [-0.4, -0.2) is 64.3 Å². The molecular weight excluding hydrogens is 306 g/mol. The Balaban J connectivity index is 1.69. The summed E-state index contributed by atoms with van der Waals surface area (Å²) in [5.41, 5.74) is 0.962. The molecule has 0 atom stereocenters. The van der Waals surface area contributed by atoms with Crippen molar-refractivity contribution < 1.29 is 0 Å². The molecule has 1 aliphatic heterocycles. The van der Waals surface area contributed by atoms with Gasteiger partial charge in [-0.25, -0.2) is 9.67 Å². The zero-order valence-electron chi connectivity index (χ0n) is 11.1. The summed E-state index contributed by atoms with van der Waals surface area (Å²) < 4.78 is 2.88. The molecule has 0 unspecified atom stereocenters. The molecule has 0 amide bonds. The van der Waals surface area contributed by atoms with Gasteiger partial charge in [0.1, 0.15) is 4.60 Å². The van der Waals surface area contributed by atoms with Crippen molar-refractivity contribution in [2.24, 2.45) is 0 Å². The summed E-state index contributed by atoms with van der Waals surface area (Å²) in [6.45, 7) is 6.52. The molecule has 0 spiro atoms. The van der Waals surface area contributed by atoms with E-state index in [1.54, 1.807) is 0 Å². The summed E-state index contributed by atoms with van der Waals surface area (Å²) in [7, 11) is 2.18. The molecule has 0 N–H and O–H groups in total. The summed E-state index contributed by atoms with van der Waals surface area (Å²) in [5, 5.41) is 5.61. The molecule has 1 fully saturated rings. The predicted molar refractivity (Wildman–Crippen MR) is 79.2 cm³/mol. The Hall–Kier alpha value is -0.980. The Labute approximate surface area is 121 Å². The fraction of sp³-hybridized carbons (Fsp3) is 0.538. The number of piperazine rings is 1. The van der Waals surface area contributed by atoms with Gasteiger partial charge in [-0.2, -0.15) is 5.10 Å². The molecular formula is C13H18BrN5. The van der Waals surface area contributed by atoms with Crippen LogP contribution in [0.5, 0.6) is 0 Å². The van der Waals surface area contributed by atoms with Crippen molar-refractivity contribution in [3.05, 3.63) is 22.9 Å². The standard InChI is InChI=1S/C13H18BrN5/c1-17-5-7-18(8-6-17)9-10-19-13-11(12(14)16-19)3-2-4-15-13/h2-4H,5-10H2,1H3. The maximum absolute atomic E-state index is 4.52. The molecule has 0 radical (unpaired) electrons. The number of halogens is 1. The van der Waals surface area contributed by atoms with Gasteiger partial charge in [0.05, 0.1) is 11.9 Å². The summed E-state index contributed by atoms with van der Waals surface area (Å²) in [6.07, 6.45) is 1.82. The van der Waals surface area contributed by atoms with Crippen LogP contribution in [0.2, 0.25) is 0 Å². The average molecular weight is 324 g/mol. The lowest BCUT2D eigenvalue weighted by atomic mass is 10.3. The van der Waals surface area contributed by atoms with Gasteiger partial charge < -0.3 is 4.90 Å². The fourth-order valence-corrected chi connectivity index (χ4v) is 2.94. The second-order valence-electron chi connectivity index (χ2n) is 5.03. The predicted octanol–water partition coefficient (Wildman–Crippen LogP) is 1.44. The van der Waals surface area contributed by atoms with Gasteiger partial charge in [-0.05, 0) is 35.1 Å². The first-order chi connectivity index (χ1) is 9.24. The summed E-state index contributed by atoms with van der Waals surface area (Å²) in [6, 6.07) is 3.99. The average Bonchev–Trinajstić information content (AvgIpc) is 2.76. The Bertz CT molecular complexity index is 559. The number of fused-ring (bicyclic) bond motifs is 1. The van der Waals surface area contributed by atoms with Gasteiger partial charge in [0.15, 0.2) is 5.65 Å². The molecule has 102 valence electrons. The molecule has 1 aliphatic rings. The van der Waals surface area contributed by atoms with E-state index in [0.717, 1.165) is 54.9 Å². The molecule has 3 rings (SSSR count). The first-order valence-electron chi connectivity index (χ1n) is 6.62. The van der Waals surface area contributed by atoms with E-state index in [-0.39, 0.29) is 0 Å². The molecule has 6 heteroatoms. The van der Waals surface area contributed by atoms with Crippen LogP contribution in [0.15, 0.2) is 22.9 Å². The number of pyridine rings is 1. The fourth-order valence-electron chi connectivity index (χ4n) is 2.43. The number of aromatic nitrogens is 3. The van der Waals surface area contributed by atoms with Crippen LogP contribution in [0.4, 0.5) is 0 Å². The molecule has 0 saturated carbocycles. The lowest BCUT2D eigenvalue weighted by molar-refractivity contribution is 0.149. The zero-order valence-corrected chi connectivity index (χ0v) is 12.7. The van der Waals surface area contributed by atoms with Gasteiger partial charge >= 0.3 is 0 Å². The van der Waals surface area contributed by atoms with Crippen molar-refractivity contribution in [1.82, 2.24) is 24.6 Å². The number of rotatable bonds is 3. The Morgan fingerprint density at radius 2 is 2.00 bits per heavy atom. The van der Waals surface area contributed by atoms with Gasteiger partial charge in [-0.15, -0.1) is 0 Å². The minimum Gasteiger partial charge on any atom is -0.304 e. The van der Waals surface area contributed by atoms with Gasteiger partial charge in [0.25, 0.3) is 0 Å². The van der Waals surface area contributed by atoms with Gasteiger partial charge in [0.2, 0.25) is 0 Å². The lowest BCUT2D eigenvalue weighted by Gasteiger charge is -2.32. The number of hydrogen-bond acceptors (Lipinski definition) is 4. The number of likely N-dealkylation sites (N-methyl/N-ethyl adjacent to an activating group) is 1. The molecule has 2 aromatic rings. The second-order valence-corrected chi connectivity index (χ2v) is 5.78. The normalized spacial score (nSPS) is 18.2. The van der Waals surface area contributed by atoms with Gasteiger partial charge in [-0.3, -0.25) is 4.90 Å². The quantitative estimate of drug-likeness (QED) is 0.856. The highest BCUT2D eigenvalue weighted by molar-refractivity contribution is 9.10. The second kappa shape index (κ2) is 5.56. The largest absolute Gasteiger partial charge is 0.304 e. The minimum absolute atomic E-state index is 0.883. The molecule has 2 aromatic heterocycles. The molecule has 0 aromatic carbocycles. The molecule has 0 bridgehead atoms. The molecule has 1 saturated heterocycles.